The number of fused-ring (bicyclic) bond motifs is 1. The molecule has 2 aromatic carbocycles. The van der Waals surface area contributed by atoms with Gasteiger partial charge in [-0.2, -0.15) is 0 Å². The van der Waals surface area contributed by atoms with E-state index in [0.29, 0.717) is 52.5 Å². The zero-order chi connectivity index (χ0) is 29.3. The Morgan fingerprint density at radius 2 is 1.93 bits per heavy atom. The minimum absolute atomic E-state index is 0.0691. The molecule has 2 aliphatic rings. The summed E-state index contributed by atoms with van der Waals surface area (Å²) in [7, 11) is 3.87. The van der Waals surface area contributed by atoms with Crippen LogP contribution in [-0.4, -0.2) is 62.5 Å². The second-order valence-electron chi connectivity index (χ2n) is 9.89. The molecule has 5 rings (SSSR count). The minimum Gasteiger partial charge on any atom is -0.463 e. The Kier molecular flexibility index (Phi) is 8.04. The van der Waals surface area contributed by atoms with E-state index in [1.807, 2.05) is 43.3 Å². The molecule has 2 aliphatic heterocycles. The summed E-state index contributed by atoms with van der Waals surface area (Å²) >= 11 is 1.18. The highest BCUT2D eigenvalue weighted by molar-refractivity contribution is 7.07. The molecule has 0 unspecified atom stereocenters. The van der Waals surface area contributed by atoms with E-state index < -0.39 is 16.9 Å². The summed E-state index contributed by atoms with van der Waals surface area (Å²) in [4.78, 5) is 47.5. The Balaban J connectivity index is 1.70. The normalized spacial score (nSPS) is 17.2. The largest absolute Gasteiger partial charge is 0.463 e. The fraction of sp³-hybridized carbons (Fsp3) is 0.345. The fourth-order valence-corrected chi connectivity index (χ4v) is 6.10. The van der Waals surface area contributed by atoms with E-state index in [4.69, 9.17) is 9.47 Å². The van der Waals surface area contributed by atoms with Crippen LogP contribution >= 0.6 is 11.3 Å². The van der Waals surface area contributed by atoms with Crippen molar-refractivity contribution in [2.24, 2.45) is 4.99 Å². The zero-order valence-corrected chi connectivity index (χ0v) is 24.1. The summed E-state index contributed by atoms with van der Waals surface area (Å²) in [5, 5.41) is 11.6. The first-order chi connectivity index (χ1) is 19.7. The van der Waals surface area contributed by atoms with Crippen LogP contribution in [0.3, 0.4) is 0 Å². The van der Waals surface area contributed by atoms with E-state index in [1.54, 1.807) is 26.0 Å². The van der Waals surface area contributed by atoms with E-state index in [9.17, 15) is 19.7 Å². The number of carbonyl (C=O) groups is 1. The Morgan fingerprint density at radius 1 is 1.22 bits per heavy atom. The van der Waals surface area contributed by atoms with Gasteiger partial charge in [0.05, 0.1) is 46.6 Å². The highest BCUT2D eigenvalue weighted by Gasteiger charge is 2.33. The van der Waals surface area contributed by atoms with Crippen LogP contribution < -0.4 is 24.7 Å². The molecule has 0 N–H and O–H groups in total. The van der Waals surface area contributed by atoms with Gasteiger partial charge in [-0.15, -0.1) is 0 Å². The predicted octanol–water partition coefficient (Wildman–Crippen LogP) is 2.61. The smallest absolute Gasteiger partial charge is 0.338 e. The molecule has 1 saturated heterocycles. The number of esters is 1. The van der Waals surface area contributed by atoms with Gasteiger partial charge in [0.2, 0.25) is 0 Å². The molecule has 1 fully saturated rings. The van der Waals surface area contributed by atoms with Gasteiger partial charge in [0.25, 0.3) is 11.2 Å². The van der Waals surface area contributed by atoms with Gasteiger partial charge in [-0.3, -0.25) is 19.5 Å². The predicted molar refractivity (Wildman–Crippen MR) is 157 cm³/mol. The molecule has 3 aromatic rings. The number of allylic oxidation sites excluding steroid dienone is 1. The molecular weight excluding hydrogens is 546 g/mol. The van der Waals surface area contributed by atoms with Gasteiger partial charge in [-0.1, -0.05) is 23.5 Å². The standard InChI is InChI=1S/C29H31N5O6S/c1-5-40-28(36)25-18(2)30-29-33(26(25)19-6-8-21(9-7-19)31(3)4)27(35)24(41-29)17-20-16-22(34(37)38)10-11-23(20)32-12-14-39-15-13-32/h6-11,16-17,26H,5,12-15H2,1-4H3/b24-17-/t26-/m0/s1. The van der Waals surface area contributed by atoms with Crippen molar-refractivity contribution in [3.05, 3.63) is 94.7 Å². The first-order valence-electron chi connectivity index (χ1n) is 13.3. The number of aromatic nitrogens is 1. The summed E-state index contributed by atoms with van der Waals surface area (Å²) in [6, 6.07) is 11.6. The molecule has 12 heteroatoms. The molecule has 0 saturated carbocycles. The van der Waals surface area contributed by atoms with Crippen molar-refractivity contribution < 1.29 is 19.2 Å². The summed E-state index contributed by atoms with van der Waals surface area (Å²) < 4.78 is 12.7. The van der Waals surface area contributed by atoms with Crippen LogP contribution in [-0.2, 0) is 14.3 Å². The van der Waals surface area contributed by atoms with Crippen molar-refractivity contribution in [2.45, 2.75) is 19.9 Å². The van der Waals surface area contributed by atoms with Crippen LogP contribution in [0.1, 0.15) is 31.0 Å². The van der Waals surface area contributed by atoms with Gasteiger partial charge in [0, 0.05) is 56.3 Å². The topological polar surface area (TPSA) is 120 Å². The molecule has 1 atom stereocenters. The average molecular weight is 578 g/mol. The fourth-order valence-electron chi connectivity index (χ4n) is 5.07. The van der Waals surface area contributed by atoms with Crippen LogP contribution in [0.5, 0.6) is 0 Å². The Bertz CT molecular complexity index is 1700. The summed E-state index contributed by atoms with van der Waals surface area (Å²) in [6.45, 7) is 6.00. The van der Waals surface area contributed by atoms with Crippen LogP contribution in [0.25, 0.3) is 6.08 Å². The number of nitro benzene ring substituents is 1. The maximum Gasteiger partial charge on any atom is 0.338 e. The molecule has 0 amide bonds. The number of hydrogen-bond donors (Lipinski definition) is 0. The average Bonchev–Trinajstić information content (AvgIpc) is 3.26. The number of thiazole rings is 1. The van der Waals surface area contributed by atoms with E-state index in [2.05, 4.69) is 9.89 Å². The van der Waals surface area contributed by atoms with Crippen molar-refractivity contribution in [1.29, 1.82) is 0 Å². The summed E-state index contributed by atoms with van der Waals surface area (Å²) in [5.74, 6) is -0.530. The number of rotatable bonds is 7. The highest BCUT2D eigenvalue weighted by atomic mass is 32.1. The number of benzene rings is 2. The van der Waals surface area contributed by atoms with Gasteiger partial charge in [-0.25, -0.2) is 9.79 Å². The third-order valence-corrected chi connectivity index (χ3v) is 8.09. The maximum absolute atomic E-state index is 14.0. The summed E-state index contributed by atoms with van der Waals surface area (Å²) in [6.07, 6.45) is 1.68. The number of carbonyl (C=O) groups excluding carboxylic acids is 1. The van der Waals surface area contributed by atoms with Gasteiger partial charge < -0.3 is 19.3 Å². The van der Waals surface area contributed by atoms with Crippen molar-refractivity contribution in [3.63, 3.8) is 0 Å². The molecule has 0 aliphatic carbocycles. The Hall–Kier alpha value is -4.29. The van der Waals surface area contributed by atoms with Crippen molar-refractivity contribution >= 4 is 40.4 Å². The molecule has 0 spiro atoms. The summed E-state index contributed by atoms with van der Waals surface area (Å²) in [5.41, 5.74) is 3.41. The number of hydrogen-bond acceptors (Lipinski definition) is 10. The molecule has 1 aromatic heterocycles. The van der Waals surface area contributed by atoms with E-state index in [-0.39, 0.29) is 17.9 Å². The lowest BCUT2D eigenvalue weighted by molar-refractivity contribution is -0.384. The van der Waals surface area contributed by atoms with Gasteiger partial charge in [-0.05, 0) is 43.7 Å². The van der Waals surface area contributed by atoms with Gasteiger partial charge in [0.1, 0.15) is 0 Å². The number of anilines is 2. The lowest BCUT2D eigenvalue weighted by atomic mass is 9.95. The molecule has 11 nitrogen and oxygen atoms in total. The SMILES string of the molecule is CCOC(=O)C1=C(C)N=c2s/c(=C\c3cc([N+](=O)[O-])ccc3N3CCOCC3)c(=O)n2[C@H]1c1ccc(N(C)C)cc1. The van der Waals surface area contributed by atoms with Crippen molar-refractivity contribution in [2.75, 3.05) is 56.8 Å². The number of morpholine rings is 1. The second kappa shape index (κ2) is 11.7. The quantitative estimate of drug-likeness (QED) is 0.239. The van der Waals surface area contributed by atoms with Crippen molar-refractivity contribution in [1.82, 2.24) is 4.57 Å². The lowest BCUT2D eigenvalue weighted by Gasteiger charge is -2.30. The van der Waals surface area contributed by atoms with Crippen LogP contribution in [0.4, 0.5) is 17.1 Å². The Morgan fingerprint density at radius 3 is 2.56 bits per heavy atom. The molecule has 41 heavy (non-hydrogen) atoms. The zero-order valence-electron chi connectivity index (χ0n) is 23.3. The van der Waals surface area contributed by atoms with E-state index in [0.717, 1.165) is 16.9 Å². The first-order valence-corrected chi connectivity index (χ1v) is 14.1. The molecule has 0 bridgehead atoms. The van der Waals surface area contributed by atoms with Crippen LogP contribution in [0.2, 0.25) is 0 Å². The molecule has 0 radical (unpaired) electrons. The van der Waals surface area contributed by atoms with Gasteiger partial charge >= 0.3 is 5.97 Å². The number of nitro groups is 1. The molecule has 3 heterocycles. The number of ether oxygens (including phenoxy) is 2. The van der Waals surface area contributed by atoms with E-state index >= 15 is 0 Å². The van der Waals surface area contributed by atoms with Crippen molar-refractivity contribution in [3.8, 4) is 0 Å². The minimum atomic E-state index is -0.743. The third kappa shape index (κ3) is 5.52. The third-order valence-electron chi connectivity index (χ3n) is 7.10. The van der Waals surface area contributed by atoms with Gasteiger partial charge in [0.15, 0.2) is 4.80 Å². The lowest BCUT2D eigenvalue weighted by Crippen LogP contribution is -2.40. The number of nitrogens with zero attached hydrogens (tertiary/aromatic N) is 5. The van der Waals surface area contributed by atoms with Crippen LogP contribution in [0.15, 0.2) is 63.5 Å². The maximum atomic E-state index is 14.0. The number of non-ortho nitro benzene ring substituents is 1. The second-order valence-corrected chi connectivity index (χ2v) is 10.9. The highest BCUT2D eigenvalue weighted by Crippen LogP contribution is 2.32. The molecular formula is C29H31N5O6S. The Labute approximate surface area is 240 Å². The van der Waals surface area contributed by atoms with E-state index in [1.165, 1.54) is 28.0 Å². The molecule has 214 valence electrons. The first kappa shape index (κ1) is 28.2. The monoisotopic (exact) mass is 577 g/mol. The van der Waals surface area contributed by atoms with Crippen LogP contribution in [0, 0.1) is 10.1 Å².